The van der Waals surface area contributed by atoms with Crippen molar-refractivity contribution in [1.82, 2.24) is 0 Å². The Hall–Kier alpha value is 0.160. The van der Waals surface area contributed by atoms with Crippen LogP contribution < -0.4 is 4.74 Å². The minimum Gasteiger partial charge on any atom is -0.456 e. The maximum absolute atomic E-state index is 5.80. The molecular weight excluding hydrogens is 480 g/mol. The Labute approximate surface area is 133 Å². The molecule has 0 aliphatic carbocycles. The van der Waals surface area contributed by atoms with Gasteiger partial charge in [-0.25, -0.2) is 0 Å². The molecule has 0 aromatic heterocycles. The van der Waals surface area contributed by atoms with E-state index in [0.717, 1.165) is 29.4 Å². The Bertz CT molecular complexity index is 554. The second kappa shape index (κ2) is 5.87. The summed E-state index contributed by atoms with van der Waals surface area (Å²) in [5.41, 5.74) is 0. The maximum Gasteiger partial charge on any atom is 0.142 e. The molecule has 0 bridgehead atoms. The topological polar surface area (TPSA) is 9.23 Å². The summed E-state index contributed by atoms with van der Waals surface area (Å²) in [5, 5.41) is 0. The van der Waals surface area contributed by atoms with Gasteiger partial charge in [-0.3, -0.25) is 0 Å². The molecule has 5 heteroatoms. The number of hydrogen-bond acceptors (Lipinski definition) is 1. The Balaban J connectivity index is 2.31. The van der Waals surface area contributed by atoms with Crippen molar-refractivity contribution in [3.05, 3.63) is 54.3 Å². The molecule has 0 unspecified atom stereocenters. The summed E-state index contributed by atoms with van der Waals surface area (Å²) < 4.78 is 9.65. The molecule has 2 rings (SSSR count). The van der Waals surface area contributed by atoms with Crippen LogP contribution in [0.2, 0.25) is 0 Å². The lowest BCUT2D eigenvalue weighted by Crippen LogP contribution is -1.86. The second-order valence-corrected chi connectivity index (χ2v) is 6.73. The molecule has 0 saturated carbocycles. The van der Waals surface area contributed by atoms with Crippen LogP contribution in [0.1, 0.15) is 0 Å². The standard InChI is InChI=1S/C12H6Br4O/c13-7-1-3-10(15)12(5-7)17-8-2-4-9(14)11(16)6-8/h1-6H. The van der Waals surface area contributed by atoms with E-state index < -0.39 is 0 Å². The lowest BCUT2D eigenvalue weighted by molar-refractivity contribution is 0.479. The molecule has 0 N–H and O–H groups in total. The van der Waals surface area contributed by atoms with Crippen molar-refractivity contribution in [3.63, 3.8) is 0 Å². The molecule has 0 radical (unpaired) electrons. The first-order chi connectivity index (χ1) is 8.06. The molecular formula is C12H6Br4O. The third-order valence-corrected chi connectivity index (χ3v) is 5.04. The number of halogens is 4. The molecule has 0 atom stereocenters. The van der Waals surface area contributed by atoms with Crippen LogP contribution in [0, 0.1) is 0 Å². The highest BCUT2D eigenvalue weighted by Crippen LogP contribution is 2.34. The van der Waals surface area contributed by atoms with Gasteiger partial charge in [-0.05, 0) is 84.2 Å². The number of hydrogen-bond donors (Lipinski definition) is 0. The largest absolute Gasteiger partial charge is 0.456 e. The van der Waals surface area contributed by atoms with Crippen LogP contribution in [0.25, 0.3) is 0 Å². The van der Waals surface area contributed by atoms with Gasteiger partial charge in [0.15, 0.2) is 0 Å². The minimum absolute atomic E-state index is 0.772. The van der Waals surface area contributed by atoms with Crippen molar-refractivity contribution in [3.8, 4) is 11.5 Å². The highest BCUT2D eigenvalue weighted by molar-refractivity contribution is 9.13. The molecule has 0 aliphatic rings. The molecule has 0 aliphatic heterocycles. The predicted molar refractivity (Wildman–Crippen MR) is 83.8 cm³/mol. The average molecular weight is 486 g/mol. The summed E-state index contributed by atoms with van der Waals surface area (Å²) in [4.78, 5) is 0. The molecule has 2 aromatic carbocycles. The Morgan fingerprint density at radius 2 is 1.41 bits per heavy atom. The number of ether oxygens (including phenoxy) is 1. The van der Waals surface area contributed by atoms with Crippen molar-refractivity contribution < 1.29 is 4.74 Å². The quantitative estimate of drug-likeness (QED) is 0.470. The third-order valence-electron chi connectivity index (χ3n) is 2.01. The normalized spacial score (nSPS) is 10.4. The predicted octanol–water partition coefficient (Wildman–Crippen LogP) is 6.53. The van der Waals surface area contributed by atoms with Gasteiger partial charge in [0.1, 0.15) is 11.5 Å². The van der Waals surface area contributed by atoms with Crippen LogP contribution in [0.4, 0.5) is 0 Å². The number of rotatable bonds is 2. The van der Waals surface area contributed by atoms with Gasteiger partial charge >= 0.3 is 0 Å². The van der Waals surface area contributed by atoms with E-state index in [0.29, 0.717) is 0 Å². The molecule has 17 heavy (non-hydrogen) atoms. The Morgan fingerprint density at radius 1 is 0.706 bits per heavy atom. The van der Waals surface area contributed by atoms with Crippen LogP contribution in [0.5, 0.6) is 11.5 Å². The van der Waals surface area contributed by atoms with Gasteiger partial charge in [0.2, 0.25) is 0 Å². The van der Waals surface area contributed by atoms with Gasteiger partial charge < -0.3 is 4.74 Å². The van der Waals surface area contributed by atoms with Gasteiger partial charge in [-0.2, -0.15) is 0 Å². The molecule has 0 fully saturated rings. The Morgan fingerprint density at radius 3 is 2.12 bits per heavy atom. The van der Waals surface area contributed by atoms with Crippen molar-refractivity contribution >= 4 is 63.7 Å². The first-order valence-corrected chi connectivity index (χ1v) is 7.81. The molecule has 0 spiro atoms. The highest BCUT2D eigenvalue weighted by Gasteiger charge is 2.05. The van der Waals surface area contributed by atoms with E-state index in [1.807, 2.05) is 36.4 Å². The highest BCUT2D eigenvalue weighted by atomic mass is 79.9. The van der Waals surface area contributed by atoms with Crippen LogP contribution in [-0.4, -0.2) is 0 Å². The smallest absolute Gasteiger partial charge is 0.142 e. The monoisotopic (exact) mass is 482 g/mol. The number of benzene rings is 2. The molecule has 0 amide bonds. The van der Waals surface area contributed by atoms with Crippen LogP contribution in [0.3, 0.4) is 0 Å². The second-order valence-electron chi connectivity index (χ2n) is 3.25. The SMILES string of the molecule is Brc1ccc(Br)c(Oc2ccc(Br)c(Br)c2)c1. The van der Waals surface area contributed by atoms with Crippen molar-refractivity contribution in [2.75, 3.05) is 0 Å². The lowest BCUT2D eigenvalue weighted by atomic mass is 10.3. The zero-order valence-corrected chi connectivity index (χ0v) is 14.7. The fraction of sp³-hybridized carbons (Fsp3) is 0. The zero-order valence-electron chi connectivity index (χ0n) is 8.38. The molecule has 0 heterocycles. The van der Waals surface area contributed by atoms with Crippen LogP contribution in [0.15, 0.2) is 54.3 Å². The summed E-state index contributed by atoms with van der Waals surface area (Å²) in [6, 6.07) is 11.6. The average Bonchev–Trinajstić information content (AvgIpc) is 2.29. The van der Waals surface area contributed by atoms with Crippen LogP contribution >= 0.6 is 63.7 Å². The van der Waals surface area contributed by atoms with Gasteiger partial charge in [-0.1, -0.05) is 15.9 Å². The fourth-order valence-corrected chi connectivity index (χ4v) is 2.49. The van der Waals surface area contributed by atoms with Crippen molar-refractivity contribution in [2.45, 2.75) is 0 Å². The summed E-state index contributed by atoms with van der Waals surface area (Å²) >= 11 is 13.7. The van der Waals surface area contributed by atoms with E-state index in [1.165, 1.54) is 0 Å². The third kappa shape index (κ3) is 3.56. The van der Waals surface area contributed by atoms with Gasteiger partial charge in [-0.15, -0.1) is 0 Å². The van der Waals surface area contributed by atoms with E-state index >= 15 is 0 Å². The minimum atomic E-state index is 0.772. The first kappa shape index (κ1) is 13.6. The summed E-state index contributed by atoms with van der Waals surface area (Å²) in [7, 11) is 0. The van der Waals surface area contributed by atoms with Gasteiger partial charge in [0.25, 0.3) is 0 Å². The molecule has 88 valence electrons. The zero-order chi connectivity index (χ0) is 12.4. The maximum atomic E-state index is 5.80. The van der Waals surface area contributed by atoms with E-state index in [9.17, 15) is 0 Å². The van der Waals surface area contributed by atoms with E-state index in [4.69, 9.17) is 4.74 Å². The van der Waals surface area contributed by atoms with E-state index in [1.54, 1.807) is 0 Å². The lowest BCUT2D eigenvalue weighted by Gasteiger charge is -2.09. The summed E-state index contributed by atoms with van der Waals surface area (Å²) in [6.07, 6.45) is 0. The van der Waals surface area contributed by atoms with Gasteiger partial charge in [0, 0.05) is 13.4 Å². The van der Waals surface area contributed by atoms with Crippen molar-refractivity contribution in [1.29, 1.82) is 0 Å². The molecule has 1 nitrogen and oxygen atoms in total. The van der Waals surface area contributed by atoms with Gasteiger partial charge in [0.05, 0.1) is 4.47 Å². The van der Waals surface area contributed by atoms with Crippen molar-refractivity contribution in [2.24, 2.45) is 0 Å². The molecule has 0 saturated heterocycles. The summed E-state index contributed by atoms with van der Waals surface area (Å²) in [6.45, 7) is 0. The Kier molecular flexibility index (Phi) is 4.69. The van der Waals surface area contributed by atoms with Crippen LogP contribution in [-0.2, 0) is 0 Å². The first-order valence-electron chi connectivity index (χ1n) is 4.64. The molecule has 2 aromatic rings. The fourth-order valence-electron chi connectivity index (χ4n) is 1.22. The van der Waals surface area contributed by atoms with E-state index in [2.05, 4.69) is 63.7 Å². The van der Waals surface area contributed by atoms with E-state index in [-0.39, 0.29) is 0 Å². The summed E-state index contributed by atoms with van der Waals surface area (Å²) in [5.74, 6) is 1.55.